The summed E-state index contributed by atoms with van der Waals surface area (Å²) in [6, 6.07) is 30.8. The number of amides is 2. The van der Waals surface area contributed by atoms with Crippen LogP contribution in [0.3, 0.4) is 0 Å². The third kappa shape index (κ3) is 8.82. The first kappa shape index (κ1) is 45.0. The number of fused-ring (bicyclic) bond motifs is 2. The van der Waals surface area contributed by atoms with Crippen LogP contribution < -0.4 is 15.6 Å². The van der Waals surface area contributed by atoms with Crippen molar-refractivity contribution in [1.29, 1.82) is 0 Å². The Labute approximate surface area is 385 Å². The minimum Gasteiger partial charge on any atom is -0.502 e. The molecule has 2 aliphatic heterocycles. The Balaban J connectivity index is 1.15. The summed E-state index contributed by atoms with van der Waals surface area (Å²) in [4.78, 5) is 71.9. The van der Waals surface area contributed by atoms with Crippen LogP contribution in [0.5, 0.6) is 11.5 Å². The number of ether oxygens (including phenoxy) is 1. The molecular weight excluding hydrogens is 867 g/mol. The van der Waals surface area contributed by atoms with Crippen LogP contribution >= 0.6 is 23.2 Å². The Kier molecular flexibility index (Phi) is 12.8. The molecule has 0 fully saturated rings. The lowest BCUT2D eigenvalue weighted by Crippen LogP contribution is -2.50. The Hall–Kier alpha value is -6.57. The second-order valence-electron chi connectivity index (χ2n) is 17.3. The quantitative estimate of drug-likeness (QED) is 0.120. The molecule has 4 atom stereocenters. The number of carbonyl (C=O) groups is 3. The summed E-state index contributed by atoms with van der Waals surface area (Å²) in [6.45, 7) is 9.62. The summed E-state index contributed by atoms with van der Waals surface area (Å²) in [7, 11) is 0. The van der Waals surface area contributed by atoms with E-state index in [2.05, 4.69) is 10.2 Å². The van der Waals surface area contributed by atoms with Crippen molar-refractivity contribution in [3.05, 3.63) is 185 Å². The maximum atomic E-state index is 14.4. The van der Waals surface area contributed by atoms with Crippen LogP contribution in [-0.4, -0.2) is 77.4 Å². The fourth-order valence-electron chi connectivity index (χ4n) is 9.19. The van der Waals surface area contributed by atoms with Gasteiger partial charge in [0.2, 0.25) is 16.6 Å². The molecule has 0 radical (unpaired) electrons. The highest BCUT2D eigenvalue weighted by Gasteiger charge is 2.43. The molecule has 6 aromatic rings. The summed E-state index contributed by atoms with van der Waals surface area (Å²) in [5.41, 5.74) is 2.25. The van der Waals surface area contributed by atoms with Gasteiger partial charge in [0.15, 0.2) is 17.1 Å². The average Bonchev–Trinajstić information content (AvgIpc) is 3.27. The molecule has 0 saturated carbocycles. The lowest BCUT2D eigenvalue weighted by Gasteiger charge is -2.41. The van der Waals surface area contributed by atoms with Crippen molar-refractivity contribution in [3.8, 4) is 11.5 Å². The van der Waals surface area contributed by atoms with Gasteiger partial charge in [0.1, 0.15) is 0 Å². The van der Waals surface area contributed by atoms with E-state index in [1.54, 1.807) is 51.7 Å². The van der Waals surface area contributed by atoms with E-state index in [1.807, 2.05) is 100 Å². The summed E-state index contributed by atoms with van der Waals surface area (Å²) in [6.07, 6.45) is 2.20. The number of carbonyl (C=O) groups excluding carboxylic acids is 3. The van der Waals surface area contributed by atoms with E-state index in [0.29, 0.717) is 27.7 Å². The second kappa shape index (κ2) is 18.5. The molecule has 13 nitrogen and oxygen atoms in total. The smallest absolute Gasteiger partial charge is 0.314 e. The first-order valence-electron chi connectivity index (χ1n) is 21.5. The zero-order chi connectivity index (χ0) is 46.3. The van der Waals surface area contributed by atoms with Crippen molar-refractivity contribution in [1.82, 2.24) is 29.4 Å². The highest BCUT2D eigenvalue weighted by molar-refractivity contribution is 6.31. The molecule has 0 bridgehead atoms. The number of halogens is 2. The van der Waals surface area contributed by atoms with Gasteiger partial charge in [-0.25, -0.2) is 0 Å². The molecule has 4 unspecified atom stereocenters. The van der Waals surface area contributed by atoms with Crippen molar-refractivity contribution in [2.75, 3.05) is 13.1 Å². The Bertz CT molecular complexity index is 2860. The topological polar surface area (TPSA) is 157 Å². The van der Waals surface area contributed by atoms with E-state index >= 15 is 0 Å². The molecule has 0 aliphatic carbocycles. The first-order valence-corrected chi connectivity index (χ1v) is 22.3. The van der Waals surface area contributed by atoms with Gasteiger partial charge in [-0.2, -0.15) is 10.2 Å². The first-order chi connectivity index (χ1) is 31.1. The van der Waals surface area contributed by atoms with Crippen LogP contribution in [0.15, 0.2) is 125 Å². The summed E-state index contributed by atoms with van der Waals surface area (Å²) in [5.74, 6) is -4.54. The maximum absolute atomic E-state index is 14.4. The van der Waals surface area contributed by atoms with Crippen LogP contribution in [0.4, 0.5) is 0 Å². The van der Waals surface area contributed by atoms with E-state index in [4.69, 9.17) is 27.9 Å². The Morgan fingerprint density at radius 1 is 0.646 bits per heavy atom. The number of rotatable bonds is 12. The molecule has 0 spiro atoms. The molecule has 0 saturated heterocycles. The van der Waals surface area contributed by atoms with E-state index in [-0.39, 0.29) is 48.1 Å². The predicted molar refractivity (Wildman–Crippen MR) is 247 cm³/mol. The van der Waals surface area contributed by atoms with Crippen molar-refractivity contribution in [3.63, 3.8) is 0 Å². The molecule has 4 aromatic carbocycles. The molecular formula is C50H48Cl2N6O7. The Morgan fingerprint density at radius 3 is 1.72 bits per heavy atom. The lowest BCUT2D eigenvalue weighted by molar-refractivity contribution is -0.138. The molecule has 2 aromatic heterocycles. The third-order valence-electron chi connectivity index (χ3n) is 12.3. The van der Waals surface area contributed by atoms with Crippen LogP contribution in [0.1, 0.15) is 107 Å². The summed E-state index contributed by atoms with van der Waals surface area (Å²) in [5, 5.41) is 20.7. The van der Waals surface area contributed by atoms with Gasteiger partial charge >= 0.3 is 5.97 Å². The number of nitrogens with zero attached hydrogens (tertiary/aromatic N) is 6. The minimum atomic E-state index is -0.843. The van der Waals surface area contributed by atoms with Gasteiger partial charge in [-0.15, -0.1) is 0 Å². The standard InChI is InChI=1S/C50H48Cl2N6O7/c1-28(2)55-27-39(57-44(48(55)62)46(61)40(59)24-53-57)43(34-17-12-18-36(51)22-34)35-20-31(21-37(52)23-35)19-30(5)50(64)65-47-41(60)25-54-58-38(26-56(29(3)4)49(63)45(47)58)42(32-13-8-6-9-14-32)33-15-10-7-11-16-33/h6-18,20-25,28-30,38-39,42-43,61H,19,26-27H2,1-5H3. The van der Waals surface area contributed by atoms with Gasteiger partial charge in [-0.05, 0) is 86.2 Å². The van der Waals surface area contributed by atoms with E-state index in [9.17, 15) is 29.1 Å². The fourth-order valence-corrected chi connectivity index (χ4v) is 9.66. The molecule has 4 heterocycles. The Morgan fingerprint density at radius 2 is 1.15 bits per heavy atom. The number of esters is 1. The van der Waals surface area contributed by atoms with Crippen molar-refractivity contribution in [2.24, 2.45) is 5.92 Å². The number of hydrogen-bond donors (Lipinski definition) is 1. The summed E-state index contributed by atoms with van der Waals surface area (Å²) >= 11 is 13.4. The van der Waals surface area contributed by atoms with Crippen molar-refractivity contribution >= 4 is 41.0 Å². The van der Waals surface area contributed by atoms with Gasteiger partial charge in [0.25, 0.3) is 11.8 Å². The molecule has 65 heavy (non-hydrogen) atoms. The molecule has 1 N–H and O–H groups in total. The minimum absolute atomic E-state index is 0.0998. The highest BCUT2D eigenvalue weighted by Crippen LogP contribution is 2.43. The average molecular weight is 916 g/mol. The van der Waals surface area contributed by atoms with Crippen LogP contribution in [-0.2, 0) is 11.2 Å². The zero-order valence-electron chi connectivity index (χ0n) is 36.5. The third-order valence-corrected chi connectivity index (χ3v) is 12.8. The van der Waals surface area contributed by atoms with Gasteiger partial charge in [0, 0.05) is 47.1 Å². The van der Waals surface area contributed by atoms with Crippen LogP contribution in [0.2, 0.25) is 10.0 Å². The highest BCUT2D eigenvalue weighted by atomic mass is 35.5. The van der Waals surface area contributed by atoms with Crippen molar-refractivity contribution in [2.45, 2.75) is 77.0 Å². The lowest BCUT2D eigenvalue weighted by atomic mass is 9.82. The summed E-state index contributed by atoms with van der Waals surface area (Å²) < 4.78 is 8.94. The zero-order valence-corrected chi connectivity index (χ0v) is 38.0. The second-order valence-corrected chi connectivity index (χ2v) is 18.1. The van der Waals surface area contributed by atoms with Gasteiger partial charge < -0.3 is 19.6 Å². The van der Waals surface area contributed by atoms with E-state index in [0.717, 1.165) is 29.1 Å². The molecule has 334 valence electrons. The monoisotopic (exact) mass is 914 g/mol. The largest absolute Gasteiger partial charge is 0.502 e. The molecule has 2 amide bonds. The van der Waals surface area contributed by atoms with Crippen LogP contribution in [0.25, 0.3) is 0 Å². The molecule has 15 heteroatoms. The van der Waals surface area contributed by atoms with Crippen LogP contribution in [0, 0.1) is 5.92 Å². The number of aromatic nitrogens is 4. The maximum Gasteiger partial charge on any atom is 0.314 e. The van der Waals surface area contributed by atoms with Gasteiger partial charge in [0.05, 0.1) is 30.4 Å². The number of aromatic hydroxyl groups is 1. The predicted octanol–water partition coefficient (Wildman–Crippen LogP) is 8.07. The fraction of sp³-hybridized carbons (Fsp3) is 0.300. The SMILES string of the molecule is CC(Cc1cc(Cl)cc(C(c2cccc(Cl)c2)C2CN(C(C)C)C(=O)c3c(O)c(=O)cnn32)c1)C(=O)Oc1c2n(ncc1=O)C(C(c1ccccc1)c1ccccc1)CN(C(C)C)C2=O. The molecule has 8 rings (SSSR count). The normalized spacial score (nSPS) is 17.0. The van der Waals surface area contributed by atoms with Crippen molar-refractivity contribution < 1.29 is 24.2 Å². The van der Waals surface area contributed by atoms with E-state index < -0.39 is 58.3 Å². The van der Waals surface area contributed by atoms with Gasteiger partial charge in [-0.1, -0.05) is 109 Å². The van der Waals surface area contributed by atoms with Gasteiger partial charge in [-0.3, -0.25) is 33.3 Å². The number of benzene rings is 4. The molecule has 2 aliphatic rings. The number of hydrogen-bond acceptors (Lipinski definition) is 9. The van der Waals surface area contributed by atoms with E-state index in [1.165, 1.54) is 4.68 Å².